The Hall–Kier alpha value is -2.52. The monoisotopic (exact) mass is 485 g/mol. The molecule has 34 heavy (non-hydrogen) atoms. The Morgan fingerprint density at radius 2 is 1.71 bits per heavy atom. The van der Waals surface area contributed by atoms with Crippen molar-refractivity contribution in [2.75, 3.05) is 19.0 Å². The van der Waals surface area contributed by atoms with Gasteiger partial charge in [0.05, 0.1) is 43.3 Å². The zero-order chi connectivity index (χ0) is 24.2. The van der Waals surface area contributed by atoms with Crippen molar-refractivity contribution in [1.82, 2.24) is 0 Å². The molecule has 6 atom stereocenters. The topological polar surface area (TPSA) is 103 Å². The van der Waals surface area contributed by atoms with Crippen LogP contribution in [-0.4, -0.2) is 53.0 Å². The summed E-state index contributed by atoms with van der Waals surface area (Å²) in [7, 11) is -1.39. The van der Waals surface area contributed by atoms with Crippen LogP contribution in [-0.2, 0) is 43.0 Å². The molecule has 0 amide bonds. The van der Waals surface area contributed by atoms with Gasteiger partial charge in [-0.15, -0.1) is 6.58 Å². The number of hydrogen-bond acceptors (Lipinski definition) is 6. The third-order valence-corrected chi connectivity index (χ3v) is 6.91. The third-order valence-electron chi connectivity index (χ3n) is 5.43. The molecule has 1 heterocycles. The van der Waals surface area contributed by atoms with Crippen LogP contribution in [0.25, 0.3) is 10.4 Å². The summed E-state index contributed by atoms with van der Waals surface area (Å²) < 4.78 is 37.4. The highest BCUT2D eigenvalue weighted by atomic mass is 32.2. The van der Waals surface area contributed by atoms with Crippen molar-refractivity contribution < 1.29 is 23.2 Å². The first-order valence-corrected chi connectivity index (χ1v) is 12.6. The molecular weight excluding hydrogens is 454 g/mol. The number of rotatable bonds is 13. The zero-order valence-electron chi connectivity index (χ0n) is 19.3. The standard InChI is InChI=1S/C25H31N3O5S/c1-3-15-31-23-21(18-30-16-19-11-7-5-8-12-19)33-25(34(29)4-2)22(27-28-26)24(23)32-17-20-13-9-6-10-14-20/h3,5-14,21-25H,1,4,15-18H2,2H3/t21-,22-,23-,24-,25+,34?/m1/s1. The normalized spacial score (nSPS) is 25.3. The third kappa shape index (κ3) is 7.24. The molecule has 1 unspecified atom stereocenters. The minimum atomic E-state index is -1.39. The quantitative estimate of drug-likeness (QED) is 0.179. The first-order valence-electron chi connectivity index (χ1n) is 11.2. The van der Waals surface area contributed by atoms with Gasteiger partial charge in [0.25, 0.3) is 0 Å². The van der Waals surface area contributed by atoms with Gasteiger partial charge in [-0.3, -0.25) is 4.21 Å². The van der Waals surface area contributed by atoms with Crippen LogP contribution in [0.15, 0.2) is 78.4 Å². The van der Waals surface area contributed by atoms with Crippen molar-refractivity contribution in [1.29, 1.82) is 0 Å². The molecular formula is C25H31N3O5S. The Morgan fingerprint density at radius 1 is 1.06 bits per heavy atom. The molecule has 1 aliphatic heterocycles. The van der Waals surface area contributed by atoms with Gasteiger partial charge in [0.2, 0.25) is 0 Å². The summed E-state index contributed by atoms with van der Waals surface area (Å²) >= 11 is 0. The van der Waals surface area contributed by atoms with Crippen LogP contribution in [0.2, 0.25) is 0 Å². The molecule has 1 fully saturated rings. The Morgan fingerprint density at radius 3 is 2.29 bits per heavy atom. The van der Waals surface area contributed by atoms with E-state index in [1.165, 1.54) is 0 Å². The summed E-state index contributed by atoms with van der Waals surface area (Å²) in [6.07, 6.45) is -0.238. The highest BCUT2D eigenvalue weighted by molar-refractivity contribution is 7.85. The second kappa shape index (κ2) is 14.0. The first-order chi connectivity index (χ1) is 16.7. The predicted molar refractivity (Wildman–Crippen MR) is 131 cm³/mol. The van der Waals surface area contributed by atoms with Crippen molar-refractivity contribution in [3.05, 3.63) is 94.9 Å². The van der Waals surface area contributed by atoms with E-state index in [0.717, 1.165) is 11.1 Å². The molecule has 8 nitrogen and oxygen atoms in total. The molecule has 0 radical (unpaired) electrons. The van der Waals surface area contributed by atoms with Crippen molar-refractivity contribution in [2.24, 2.45) is 5.11 Å². The first kappa shape index (κ1) is 26.1. The Kier molecular flexibility index (Phi) is 10.8. The maximum atomic E-state index is 12.9. The van der Waals surface area contributed by atoms with Gasteiger partial charge in [-0.2, -0.15) is 0 Å². The van der Waals surface area contributed by atoms with Gasteiger partial charge in [-0.05, 0) is 16.7 Å². The highest BCUT2D eigenvalue weighted by Crippen LogP contribution is 2.31. The highest BCUT2D eigenvalue weighted by Gasteiger charge is 2.49. The lowest BCUT2D eigenvalue weighted by Gasteiger charge is -2.44. The number of azide groups is 1. The molecule has 0 bridgehead atoms. The van der Waals surface area contributed by atoms with Crippen LogP contribution in [0.4, 0.5) is 0 Å². The fourth-order valence-electron chi connectivity index (χ4n) is 3.80. The maximum Gasteiger partial charge on any atom is 0.144 e. The van der Waals surface area contributed by atoms with Gasteiger partial charge in [0, 0.05) is 10.7 Å². The largest absolute Gasteiger partial charge is 0.374 e. The zero-order valence-corrected chi connectivity index (χ0v) is 20.1. The van der Waals surface area contributed by atoms with Crippen LogP contribution in [0.5, 0.6) is 0 Å². The smallest absolute Gasteiger partial charge is 0.144 e. The Labute approximate surface area is 202 Å². The summed E-state index contributed by atoms with van der Waals surface area (Å²) in [6, 6.07) is 18.6. The van der Waals surface area contributed by atoms with Gasteiger partial charge < -0.3 is 18.9 Å². The van der Waals surface area contributed by atoms with E-state index in [1.807, 2.05) is 60.7 Å². The van der Waals surface area contributed by atoms with Gasteiger partial charge >= 0.3 is 0 Å². The second-order valence-corrected chi connectivity index (χ2v) is 9.56. The fraction of sp³-hybridized carbons (Fsp3) is 0.440. The van der Waals surface area contributed by atoms with Crippen molar-refractivity contribution in [3.63, 3.8) is 0 Å². The van der Waals surface area contributed by atoms with Crippen molar-refractivity contribution in [3.8, 4) is 0 Å². The number of nitrogens with zero attached hydrogens (tertiary/aromatic N) is 3. The van der Waals surface area contributed by atoms with E-state index in [0.29, 0.717) is 12.4 Å². The van der Waals surface area contributed by atoms with E-state index in [9.17, 15) is 9.74 Å². The Bertz CT molecular complexity index is 956. The van der Waals surface area contributed by atoms with E-state index in [4.69, 9.17) is 18.9 Å². The lowest BCUT2D eigenvalue weighted by atomic mass is 9.98. The SMILES string of the molecule is C=CCO[C@H]1[C@H](OCc2ccccc2)[C@@H](N=[N+]=[N-])[C@H](S(=O)CC)O[C@@H]1COCc1ccccc1. The molecule has 1 aliphatic rings. The minimum Gasteiger partial charge on any atom is -0.374 e. The van der Waals surface area contributed by atoms with Gasteiger partial charge in [-0.1, -0.05) is 78.8 Å². The summed E-state index contributed by atoms with van der Waals surface area (Å²) in [5.74, 6) is 0.350. The molecule has 3 rings (SSSR count). The summed E-state index contributed by atoms with van der Waals surface area (Å²) in [5.41, 5.74) is 10.4. The molecule has 182 valence electrons. The average molecular weight is 486 g/mol. The Balaban J connectivity index is 1.84. The molecule has 2 aromatic carbocycles. The predicted octanol–water partition coefficient (Wildman–Crippen LogP) is 4.53. The van der Waals surface area contributed by atoms with Gasteiger partial charge in [0.15, 0.2) is 0 Å². The average Bonchev–Trinajstić information content (AvgIpc) is 2.88. The fourth-order valence-corrected chi connectivity index (χ4v) is 4.91. The van der Waals surface area contributed by atoms with Crippen molar-refractivity contribution in [2.45, 2.75) is 49.9 Å². The van der Waals surface area contributed by atoms with Gasteiger partial charge in [0.1, 0.15) is 23.7 Å². The lowest BCUT2D eigenvalue weighted by Crippen LogP contribution is -2.60. The molecule has 0 aliphatic carbocycles. The summed E-state index contributed by atoms with van der Waals surface area (Å²) in [6.45, 7) is 6.65. The molecule has 1 saturated heterocycles. The van der Waals surface area contributed by atoms with Gasteiger partial charge in [-0.25, -0.2) is 0 Å². The van der Waals surface area contributed by atoms with Crippen LogP contribution in [0, 0.1) is 0 Å². The van der Waals surface area contributed by atoms with E-state index < -0.39 is 40.6 Å². The lowest BCUT2D eigenvalue weighted by molar-refractivity contribution is -0.205. The number of benzene rings is 2. The van der Waals surface area contributed by atoms with E-state index in [-0.39, 0.29) is 19.8 Å². The van der Waals surface area contributed by atoms with Crippen LogP contribution in [0.3, 0.4) is 0 Å². The van der Waals surface area contributed by atoms with Crippen LogP contribution in [0.1, 0.15) is 18.1 Å². The van der Waals surface area contributed by atoms with E-state index in [1.54, 1.807) is 13.0 Å². The summed E-state index contributed by atoms with van der Waals surface area (Å²) in [5, 5.41) is 3.94. The molecule has 0 aromatic heterocycles. The molecule has 9 heteroatoms. The molecule has 0 spiro atoms. The minimum absolute atomic E-state index is 0.197. The summed E-state index contributed by atoms with van der Waals surface area (Å²) in [4.78, 5) is 3.00. The second-order valence-electron chi connectivity index (χ2n) is 7.76. The molecule has 0 saturated carbocycles. The van der Waals surface area contributed by atoms with Crippen molar-refractivity contribution >= 4 is 10.8 Å². The number of ether oxygens (including phenoxy) is 4. The maximum absolute atomic E-state index is 12.9. The van der Waals surface area contributed by atoms with E-state index >= 15 is 0 Å². The molecule has 2 aromatic rings. The van der Waals surface area contributed by atoms with E-state index in [2.05, 4.69) is 16.6 Å². The molecule has 0 N–H and O–H groups in total. The van der Waals surface area contributed by atoms with Crippen LogP contribution >= 0.6 is 0 Å². The number of hydrogen-bond donors (Lipinski definition) is 0. The van der Waals surface area contributed by atoms with Crippen LogP contribution < -0.4 is 0 Å².